The van der Waals surface area contributed by atoms with Gasteiger partial charge in [0.25, 0.3) is 0 Å². The predicted octanol–water partition coefficient (Wildman–Crippen LogP) is 4.53. The van der Waals surface area contributed by atoms with Gasteiger partial charge in [0.1, 0.15) is 5.75 Å². The molecule has 6 heteroatoms. The van der Waals surface area contributed by atoms with Crippen molar-refractivity contribution in [1.82, 2.24) is 15.2 Å². The number of hydrogen-bond acceptors (Lipinski definition) is 6. The largest absolute Gasteiger partial charge is 0.497 e. The molecule has 0 amide bonds. The average Bonchev–Trinajstić information content (AvgIpc) is 2.67. The monoisotopic (exact) mass is 363 g/mol. The van der Waals surface area contributed by atoms with Crippen molar-refractivity contribution in [3.05, 3.63) is 65.9 Å². The van der Waals surface area contributed by atoms with Crippen LogP contribution in [0.1, 0.15) is 31.9 Å². The van der Waals surface area contributed by atoms with Crippen molar-refractivity contribution in [2.24, 2.45) is 0 Å². The van der Waals surface area contributed by atoms with Gasteiger partial charge < -0.3 is 15.4 Å². The first-order valence-electron chi connectivity index (χ1n) is 8.88. The lowest BCUT2D eigenvalue weighted by atomic mass is 9.87. The number of ether oxygens (including phenoxy) is 1. The Morgan fingerprint density at radius 2 is 1.67 bits per heavy atom. The van der Waals surface area contributed by atoms with E-state index < -0.39 is 0 Å². The average molecular weight is 363 g/mol. The molecule has 3 aromatic rings. The molecular weight excluding hydrogens is 338 g/mol. The summed E-state index contributed by atoms with van der Waals surface area (Å²) in [6.07, 6.45) is 1.61. The standard InChI is InChI=1S/C21H25N5O/c1-21(2,3)16-7-9-17(10-8-16)24-19-14-23-26-20(25-19)22-13-15-5-11-18(27-4)12-6-15/h5-12,14H,13H2,1-4H3,(H2,22,24,25,26). The minimum atomic E-state index is 0.132. The first-order valence-corrected chi connectivity index (χ1v) is 8.88. The van der Waals surface area contributed by atoms with Gasteiger partial charge in [0.05, 0.1) is 13.3 Å². The molecule has 0 atom stereocenters. The highest BCUT2D eigenvalue weighted by atomic mass is 16.5. The topological polar surface area (TPSA) is 72.0 Å². The second-order valence-corrected chi connectivity index (χ2v) is 7.32. The van der Waals surface area contributed by atoms with Gasteiger partial charge in [-0.15, -0.1) is 5.10 Å². The van der Waals surface area contributed by atoms with Gasteiger partial charge in [-0.25, -0.2) is 0 Å². The Morgan fingerprint density at radius 1 is 0.963 bits per heavy atom. The van der Waals surface area contributed by atoms with Crippen molar-refractivity contribution in [1.29, 1.82) is 0 Å². The van der Waals surface area contributed by atoms with Crippen LogP contribution in [0.2, 0.25) is 0 Å². The van der Waals surface area contributed by atoms with Gasteiger partial charge in [-0.2, -0.15) is 10.1 Å². The Kier molecular flexibility index (Phi) is 5.54. The zero-order chi connectivity index (χ0) is 19.3. The summed E-state index contributed by atoms with van der Waals surface area (Å²) in [6, 6.07) is 16.2. The van der Waals surface area contributed by atoms with E-state index in [9.17, 15) is 0 Å². The Hall–Kier alpha value is -3.15. The first-order chi connectivity index (χ1) is 12.9. The molecule has 3 rings (SSSR count). The van der Waals surface area contributed by atoms with Crippen LogP contribution in [0.5, 0.6) is 5.75 Å². The summed E-state index contributed by atoms with van der Waals surface area (Å²) in [5, 5.41) is 14.5. The number of rotatable bonds is 6. The fraction of sp³-hybridized carbons (Fsp3) is 0.286. The van der Waals surface area contributed by atoms with E-state index in [2.05, 4.69) is 58.7 Å². The maximum absolute atomic E-state index is 5.17. The van der Waals surface area contributed by atoms with E-state index in [1.54, 1.807) is 13.3 Å². The van der Waals surface area contributed by atoms with E-state index in [-0.39, 0.29) is 5.41 Å². The van der Waals surface area contributed by atoms with Crippen LogP contribution in [0.3, 0.4) is 0 Å². The van der Waals surface area contributed by atoms with Crippen molar-refractivity contribution in [3.8, 4) is 5.75 Å². The lowest BCUT2D eigenvalue weighted by molar-refractivity contribution is 0.414. The van der Waals surface area contributed by atoms with Crippen LogP contribution in [0.15, 0.2) is 54.7 Å². The molecule has 0 spiro atoms. The van der Waals surface area contributed by atoms with Crippen LogP contribution in [0, 0.1) is 0 Å². The molecule has 1 heterocycles. The summed E-state index contributed by atoms with van der Waals surface area (Å²) >= 11 is 0. The number of anilines is 3. The molecule has 0 aliphatic carbocycles. The van der Waals surface area contributed by atoms with Crippen molar-refractivity contribution < 1.29 is 4.74 Å². The quantitative estimate of drug-likeness (QED) is 0.670. The summed E-state index contributed by atoms with van der Waals surface area (Å²) in [7, 11) is 1.65. The summed E-state index contributed by atoms with van der Waals surface area (Å²) in [6.45, 7) is 7.20. The Morgan fingerprint density at radius 3 is 2.30 bits per heavy atom. The molecule has 0 bridgehead atoms. The van der Waals surface area contributed by atoms with E-state index in [4.69, 9.17) is 4.74 Å². The Bertz CT molecular complexity index is 870. The zero-order valence-corrected chi connectivity index (χ0v) is 16.2. The Balaban J connectivity index is 1.62. The maximum atomic E-state index is 5.17. The van der Waals surface area contributed by atoms with Gasteiger partial charge >= 0.3 is 0 Å². The molecule has 0 unspecified atom stereocenters. The first kappa shape index (κ1) is 18.6. The van der Waals surface area contributed by atoms with E-state index in [0.29, 0.717) is 18.3 Å². The molecule has 0 saturated heterocycles. The highest BCUT2D eigenvalue weighted by Gasteiger charge is 2.12. The lowest BCUT2D eigenvalue weighted by Gasteiger charge is -2.19. The van der Waals surface area contributed by atoms with Crippen LogP contribution >= 0.6 is 0 Å². The Labute approximate surface area is 160 Å². The molecule has 0 aliphatic heterocycles. The van der Waals surface area contributed by atoms with E-state index in [1.807, 2.05) is 36.4 Å². The highest BCUT2D eigenvalue weighted by Crippen LogP contribution is 2.24. The second-order valence-electron chi connectivity index (χ2n) is 7.32. The van der Waals surface area contributed by atoms with Gasteiger partial charge in [0.15, 0.2) is 5.82 Å². The lowest BCUT2D eigenvalue weighted by Crippen LogP contribution is -2.10. The predicted molar refractivity (Wildman–Crippen MR) is 109 cm³/mol. The summed E-state index contributed by atoms with van der Waals surface area (Å²) in [5.41, 5.74) is 3.49. The summed E-state index contributed by atoms with van der Waals surface area (Å²) < 4.78 is 5.17. The van der Waals surface area contributed by atoms with Crippen LogP contribution < -0.4 is 15.4 Å². The summed E-state index contributed by atoms with van der Waals surface area (Å²) in [5.74, 6) is 1.95. The van der Waals surface area contributed by atoms with Crippen molar-refractivity contribution in [2.75, 3.05) is 17.7 Å². The number of aromatic nitrogens is 3. The van der Waals surface area contributed by atoms with Gasteiger partial charge in [0, 0.05) is 12.2 Å². The van der Waals surface area contributed by atoms with Crippen molar-refractivity contribution >= 4 is 17.5 Å². The number of nitrogens with one attached hydrogen (secondary N) is 2. The van der Waals surface area contributed by atoms with Gasteiger partial charge in [-0.1, -0.05) is 45.0 Å². The van der Waals surface area contributed by atoms with Crippen molar-refractivity contribution in [3.63, 3.8) is 0 Å². The smallest absolute Gasteiger partial charge is 0.244 e. The molecule has 2 N–H and O–H groups in total. The zero-order valence-electron chi connectivity index (χ0n) is 16.2. The molecular formula is C21H25N5O. The third-order valence-corrected chi connectivity index (χ3v) is 4.19. The van der Waals surface area contributed by atoms with Gasteiger partial charge in [0.2, 0.25) is 5.95 Å². The fourth-order valence-electron chi connectivity index (χ4n) is 2.56. The molecule has 1 aromatic heterocycles. The molecule has 27 heavy (non-hydrogen) atoms. The maximum Gasteiger partial charge on any atom is 0.244 e. The van der Waals surface area contributed by atoms with Gasteiger partial charge in [-0.05, 0) is 40.8 Å². The number of benzene rings is 2. The van der Waals surface area contributed by atoms with E-state index >= 15 is 0 Å². The number of hydrogen-bond donors (Lipinski definition) is 2. The third-order valence-electron chi connectivity index (χ3n) is 4.19. The molecule has 2 aromatic carbocycles. The van der Waals surface area contributed by atoms with Gasteiger partial charge in [-0.3, -0.25) is 0 Å². The SMILES string of the molecule is COc1ccc(CNc2nncc(Nc3ccc(C(C)(C)C)cc3)n2)cc1. The van der Waals surface area contributed by atoms with Crippen LogP contribution in [-0.2, 0) is 12.0 Å². The molecule has 6 nitrogen and oxygen atoms in total. The minimum absolute atomic E-state index is 0.132. The van der Waals surface area contributed by atoms with Crippen LogP contribution in [0.4, 0.5) is 17.5 Å². The highest BCUT2D eigenvalue weighted by molar-refractivity contribution is 5.56. The summed E-state index contributed by atoms with van der Waals surface area (Å²) in [4.78, 5) is 4.47. The normalized spacial score (nSPS) is 11.1. The van der Waals surface area contributed by atoms with E-state index in [1.165, 1.54) is 5.56 Å². The van der Waals surface area contributed by atoms with Crippen LogP contribution in [-0.4, -0.2) is 22.3 Å². The molecule has 0 aliphatic rings. The minimum Gasteiger partial charge on any atom is -0.497 e. The molecule has 0 fully saturated rings. The molecule has 140 valence electrons. The molecule has 0 saturated carbocycles. The fourth-order valence-corrected chi connectivity index (χ4v) is 2.56. The van der Waals surface area contributed by atoms with E-state index in [0.717, 1.165) is 17.0 Å². The van der Waals surface area contributed by atoms with Crippen molar-refractivity contribution in [2.45, 2.75) is 32.7 Å². The number of methoxy groups -OCH3 is 1. The third kappa shape index (κ3) is 5.17. The molecule has 0 radical (unpaired) electrons. The van der Waals surface area contributed by atoms with Crippen LogP contribution in [0.25, 0.3) is 0 Å². The number of nitrogens with zero attached hydrogens (tertiary/aromatic N) is 3. The second kappa shape index (κ2) is 8.03.